The first-order chi connectivity index (χ1) is 15.6. The molecule has 0 unspecified atom stereocenters. The summed E-state index contributed by atoms with van der Waals surface area (Å²) < 4.78 is 40.9. The molecule has 12 heteroatoms. The highest BCUT2D eigenvalue weighted by molar-refractivity contribution is 6.31. The molecule has 33 heavy (non-hydrogen) atoms. The van der Waals surface area contributed by atoms with Crippen molar-refractivity contribution in [2.45, 2.75) is 19.1 Å². The van der Waals surface area contributed by atoms with Gasteiger partial charge in [-0.3, -0.25) is 9.78 Å². The molecule has 8 nitrogen and oxygen atoms in total. The summed E-state index contributed by atoms with van der Waals surface area (Å²) in [4.78, 5) is 29.3. The van der Waals surface area contributed by atoms with Crippen molar-refractivity contribution in [1.29, 1.82) is 0 Å². The molecule has 3 heterocycles. The lowest BCUT2D eigenvalue weighted by Gasteiger charge is -2.14. The number of nitrogens with one attached hydrogen (secondary N) is 2. The second-order valence-electron chi connectivity index (χ2n) is 7.25. The fourth-order valence-electron chi connectivity index (χ4n) is 3.09. The van der Waals surface area contributed by atoms with Gasteiger partial charge in [0.1, 0.15) is 17.0 Å². The Morgan fingerprint density at radius 1 is 1.09 bits per heavy atom. The minimum atomic E-state index is -4.58. The summed E-state index contributed by atoms with van der Waals surface area (Å²) in [6.45, 7) is 1.73. The number of aromatic nitrogens is 5. The van der Waals surface area contributed by atoms with Gasteiger partial charge < -0.3 is 15.2 Å². The van der Waals surface area contributed by atoms with E-state index in [-0.39, 0.29) is 17.2 Å². The van der Waals surface area contributed by atoms with Crippen LogP contribution < -0.4 is 10.6 Å². The van der Waals surface area contributed by atoms with Crippen LogP contribution in [0.5, 0.6) is 0 Å². The number of hydrogen-bond acceptors (Lipinski definition) is 6. The van der Waals surface area contributed by atoms with Crippen LogP contribution in [0.3, 0.4) is 0 Å². The SMILES string of the molecule is C[C@@H](NC(=O)c1cc2c(cn1)ncn2C)c1cnc(Nc2ccc(Cl)c(C(F)(F)F)c2)cn1. The molecule has 1 atom stereocenters. The monoisotopic (exact) mass is 475 g/mol. The predicted octanol–water partition coefficient (Wildman–Crippen LogP) is 4.67. The van der Waals surface area contributed by atoms with Crippen molar-refractivity contribution < 1.29 is 18.0 Å². The average molecular weight is 476 g/mol. The topological polar surface area (TPSA) is 97.6 Å². The van der Waals surface area contributed by atoms with Crippen molar-refractivity contribution >= 4 is 40.0 Å². The van der Waals surface area contributed by atoms with E-state index in [0.29, 0.717) is 11.2 Å². The van der Waals surface area contributed by atoms with E-state index >= 15 is 0 Å². The molecule has 0 aliphatic carbocycles. The van der Waals surface area contributed by atoms with Crippen molar-refractivity contribution in [2.75, 3.05) is 5.32 Å². The van der Waals surface area contributed by atoms with Gasteiger partial charge in [0.2, 0.25) is 0 Å². The van der Waals surface area contributed by atoms with E-state index in [1.54, 1.807) is 23.9 Å². The van der Waals surface area contributed by atoms with Gasteiger partial charge in [-0.1, -0.05) is 11.6 Å². The highest BCUT2D eigenvalue weighted by atomic mass is 35.5. The Bertz CT molecular complexity index is 1320. The van der Waals surface area contributed by atoms with Gasteiger partial charge in [-0.25, -0.2) is 15.0 Å². The van der Waals surface area contributed by atoms with Gasteiger partial charge >= 0.3 is 6.18 Å². The smallest absolute Gasteiger partial charge is 0.343 e. The Kier molecular flexibility index (Phi) is 5.90. The Hall–Kier alpha value is -3.73. The Labute approximate surface area is 190 Å². The van der Waals surface area contributed by atoms with E-state index in [9.17, 15) is 18.0 Å². The maximum Gasteiger partial charge on any atom is 0.417 e. The van der Waals surface area contributed by atoms with Crippen molar-refractivity contribution in [3.63, 3.8) is 0 Å². The summed E-state index contributed by atoms with van der Waals surface area (Å²) >= 11 is 5.64. The average Bonchev–Trinajstić information content (AvgIpc) is 3.15. The van der Waals surface area contributed by atoms with Crippen LogP contribution in [-0.2, 0) is 13.2 Å². The van der Waals surface area contributed by atoms with Crippen LogP contribution >= 0.6 is 11.6 Å². The van der Waals surface area contributed by atoms with Crippen molar-refractivity contribution in [3.8, 4) is 0 Å². The second-order valence-corrected chi connectivity index (χ2v) is 7.66. The van der Waals surface area contributed by atoms with Gasteiger partial charge in [0.15, 0.2) is 0 Å². The molecule has 1 aromatic carbocycles. The number of imidazole rings is 1. The van der Waals surface area contributed by atoms with Gasteiger partial charge in [-0.05, 0) is 31.2 Å². The summed E-state index contributed by atoms with van der Waals surface area (Å²) in [6, 6.07) is 4.61. The van der Waals surface area contributed by atoms with Gasteiger partial charge in [0.25, 0.3) is 5.91 Å². The number of halogens is 4. The van der Waals surface area contributed by atoms with Gasteiger partial charge in [-0.15, -0.1) is 0 Å². The number of fused-ring (bicyclic) bond motifs is 1. The number of alkyl halides is 3. The molecule has 0 fully saturated rings. The Morgan fingerprint density at radius 3 is 2.58 bits per heavy atom. The first-order valence-electron chi connectivity index (χ1n) is 9.65. The summed E-state index contributed by atoms with van der Waals surface area (Å²) in [6.07, 6.45) is 1.37. The van der Waals surface area contributed by atoms with Gasteiger partial charge in [0, 0.05) is 12.7 Å². The molecule has 2 N–H and O–H groups in total. The molecule has 0 saturated heterocycles. The van der Waals surface area contributed by atoms with Crippen LogP contribution in [0.4, 0.5) is 24.7 Å². The standard InChI is InChI=1S/C21H17ClF3N7O/c1-11(30-20(33)15-6-18-17(8-26-15)29-10-32(18)2)16-7-28-19(9-27-16)31-12-3-4-14(22)13(5-12)21(23,24)25/h3-11H,1-2H3,(H,28,31)(H,30,33)/t11-/m1/s1. The van der Waals surface area contributed by atoms with Crippen LogP contribution in [0.1, 0.15) is 34.7 Å². The maximum atomic E-state index is 13.0. The minimum absolute atomic E-state index is 0.159. The molecule has 0 spiro atoms. The first kappa shape index (κ1) is 22.5. The molecule has 3 aromatic heterocycles. The Balaban J connectivity index is 1.44. The highest BCUT2D eigenvalue weighted by Crippen LogP contribution is 2.36. The third-order valence-corrected chi connectivity index (χ3v) is 5.18. The highest BCUT2D eigenvalue weighted by Gasteiger charge is 2.33. The molecule has 0 bridgehead atoms. The normalized spacial score (nSPS) is 12.5. The van der Waals surface area contributed by atoms with E-state index < -0.39 is 28.7 Å². The quantitative estimate of drug-likeness (QED) is 0.435. The fourth-order valence-corrected chi connectivity index (χ4v) is 3.32. The molecule has 0 saturated carbocycles. The molecule has 0 radical (unpaired) electrons. The lowest BCUT2D eigenvalue weighted by atomic mass is 10.2. The number of rotatable bonds is 5. The molecule has 4 aromatic rings. The molecule has 0 aliphatic heterocycles. The number of anilines is 2. The fraction of sp³-hybridized carbons (Fsp3) is 0.190. The van der Waals surface area contributed by atoms with Crippen molar-refractivity contribution in [2.24, 2.45) is 7.05 Å². The van der Waals surface area contributed by atoms with Crippen LogP contribution in [0.15, 0.2) is 49.2 Å². The number of amides is 1. The second kappa shape index (κ2) is 8.66. The van der Waals surface area contributed by atoms with E-state index in [2.05, 4.69) is 30.6 Å². The number of aryl methyl sites for hydroxylation is 1. The number of hydrogen-bond donors (Lipinski definition) is 2. The summed E-state index contributed by atoms with van der Waals surface area (Å²) in [7, 11) is 1.82. The number of carbonyl (C=O) groups excluding carboxylic acids is 1. The molecule has 4 rings (SSSR count). The summed E-state index contributed by atoms with van der Waals surface area (Å²) in [5.74, 6) is -0.161. The van der Waals surface area contributed by atoms with Crippen molar-refractivity contribution in [3.05, 3.63) is 71.2 Å². The number of carbonyl (C=O) groups is 1. The third-order valence-electron chi connectivity index (χ3n) is 4.85. The number of pyridine rings is 1. The molecular formula is C21H17ClF3N7O. The van der Waals surface area contributed by atoms with Gasteiger partial charge in [0.05, 0.1) is 52.8 Å². The van der Waals surface area contributed by atoms with E-state index in [1.807, 2.05) is 7.05 Å². The molecule has 1 amide bonds. The molecular weight excluding hydrogens is 459 g/mol. The molecule has 170 valence electrons. The van der Waals surface area contributed by atoms with Crippen LogP contribution in [0, 0.1) is 0 Å². The zero-order chi connectivity index (χ0) is 23.8. The van der Waals surface area contributed by atoms with Crippen LogP contribution in [0.2, 0.25) is 5.02 Å². The first-order valence-corrected chi connectivity index (χ1v) is 10.0. The van der Waals surface area contributed by atoms with Crippen LogP contribution in [0.25, 0.3) is 11.0 Å². The predicted molar refractivity (Wildman–Crippen MR) is 116 cm³/mol. The van der Waals surface area contributed by atoms with Crippen molar-refractivity contribution in [1.82, 2.24) is 29.8 Å². The largest absolute Gasteiger partial charge is 0.417 e. The van der Waals surface area contributed by atoms with Gasteiger partial charge in [-0.2, -0.15) is 13.2 Å². The summed E-state index contributed by atoms with van der Waals surface area (Å²) in [5.41, 5.74) is 1.35. The third kappa shape index (κ3) is 4.87. The lowest BCUT2D eigenvalue weighted by Crippen LogP contribution is -2.28. The van der Waals surface area contributed by atoms with E-state index in [1.165, 1.54) is 24.7 Å². The Morgan fingerprint density at radius 2 is 1.88 bits per heavy atom. The number of benzene rings is 1. The number of nitrogens with zero attached hydrogens (tertiary/aromatic N) is 5. The summed E-state index contributed by atoms with van der Waals surface area (Å²) in [5, 5.41) is 5.16. The molecule has 0 aliphatic rings. The van der Waals surface area contributed by atoms with Crippen LogP contribution in [-0.4, -0.2) is 30.4 Å². The zero-order valence-corrected chi connectivity index (χ0v) is 18.1. The minimum Gasteiger partial charge on any atom is -0.343 e. The maximum absolute atomic E-state index is 13.0. The van der Waals surface area contributed by atoms with E-state index in [0.717, 1.165) is 17.6 Å². The lowest BCUT2D eigenvalue weighted by molar-refractivity contribution is -0.137. The zero-order valence-electron chi connectivity index (χ0n) is 17.4. The van der Waals surface area contributed by atoms with E-state index in [4.69, 9.17) is 11.6 Å².